The Morgan fingerprint density at radius 3 is 2.90 bits per heavy atom. The Morgan fingerprint density at radius 1 is 1.90 bits per heavy atom. The van der Waals surface area contributed by atoms with Gasteiger partial charge in [0.25, 0.3) is 5.91 Å². The lowest BCUT2D eigenvalue weighted by molar-refractivity contribution is -0.115. The maximum Gasteiger partial charge on any atom is 0.295 e. The predicted octanol–water partition coefficient (Wildman–Crippen LogP) is -0.493. The molecule has 0 fully saturated rings. The second kappa shape index (κ2) is 4.83. The molecule has 0 aliphatic heterocycles. The van der Waals surface area contributed by atoms with E-state index in [1.165, 1.54) is 0 Å². The van der Waals surface area contributed by atoms with E-state index < -0.39 is 12.0 Å². The number of aliphatic hydroxyl groups is 1. The number of rotatable bonds is 3. The summed E-state index contributed by atoms with van der Waals surface area (Å²) in [5, 5.41) is 11.2. The van der Waals surface area contributed by atoms with Crippen LogP contribution in [0.5, 0.6) is 0 Å². The van der Waals surface area contributed by atoms with E-state index in [0.717, 1.165) is 0 Å². The summed E-state index contributed by atoms with van der Waals surface area (Å²) in [6, 6.07) is 0. The van der Waals surface area contributed by atoms with Crippen LogP contribution in [0.4, 0.5) is 0 Å². The Labute approximate surface area is 60.4 Å². The first kappa shape index (κ1) is 8.99. The quantitative estimate of drug-likeness (QED) is 0.521. The maximum atomic E-state index is 10.4. The average Bonchev–Trinajstić information content (AvgIpc) is 1.87. The van der Waals surface area contributed by atoms with Crippen LogP contribution in [0.1, 0.15) is 13.3 Å². The lowest BCUT2D eigenvalue weighted by Gasteiger charge is -2.02. The molecule has 0 aliphatic rings. The van der Waals surface area contributed by atoms with E-state index in [0.29, 0.717) is 13.0 Å². The number of hydrogen-bond acceptors (Lipinski definition) is 2. The number of carbonyl (C=O) groups is 1. The summed E-state index contributed by atoms with van der Waals surface area (Å²) in [4.78, 5) is 10.4. The lowest BCUT2D eigenvalue weighted by atomic mass is 10.3. The van der Waals surface area contributed by atoms with Gasteiger partial charge in [0.1, 0.15) is 0 Å². The van der Waals surface area contributed by atoms with Gasteiger partial charge in [-0.25, -0.2) is 0 Å². The van der Waals surface area contributed by atoms with Crippen LogP contribution < -0.4 is 5.32 Å². The molecule has 3 nitrogen and oxygen atoms in total. The molecule has 0 aromatic carbocycles. The zero-order chi connectivity index (χ0) is 7.98. The van der Waals surface area contributed by atoms with Gasteiger partial charge in [-0.2, -0.15) is 0 Å². The van der Waals surface area contributed by atoms with Gasteiger partial charge in [-0.15, -0.1) is 6.42 Å². The molecule has 1 amide bonds. The van der Waals surface area contributed by atoms with Crippen LogP contribution in [0.15, 0.2) is 0 Å². The van der Waals surface area contributed by atoms with Crippen LogP contribution in [0, 0.1) is 12.3 Å². The second-order valence-electron chi connectivity index (χ2n) is 2.04. The predicted molar refractivity (Wildman–Crippen MR) is 38.1 cm³/mol. The van der Waals surface area contributed by atoms with Crippen LogP contribution in [0.3, 0.4) is 0 Å². The zero-order valence-electron chi connectivity index (χ0n) is 5.92. The molecule has 0 bridgehead atoms. The number of hydrogen-bond donors (Lipinski definition) is 2. The molecule has 0 aromatic rings. The smallest absolute Gasteiger partial charge is 0.295 e. The third kappa shape index (κ3) is 5.13. The van der Waals surface area contributed by atoms with Crippen molar-refractivity contribution >= 4 is 5.91 Å². The van der Waals surface area contributed by atoms with E-state index in [1.807, 2.05) is 5.92 Å². The minimum absolute atomic E-state index is 0.391. The van der Waals surface area contributed by atoms with Gasteiger partial charge < -0.3 is 10.4 Å². The number of terminal acetylenes is 1. The van der Waals surface area contributed by atoms with E-state index in [1.54, 1.807) is 6.92 Å². The van der Waals surface area contributed by atoms with Gasteiger partial charge in [0.05, 0.1) is 6.10 Å². The van der Waals surface area contributed by atoms with Crippen molar-refractivity contribution < 1.29 is 9.90 Å². The molecule has 56 valence electrons. The summed E-state index contributed by atoms with van der Waals surface area (Å²) < 4.78 is 0. The normalized spacial score (nSPS) is 11.7. The Bertz CT molecular complexity index is 146. The van der Waals surface area contributed by atoms with Crippen molar-refractivity contribution in [2.24, 2.45) is 0 Å². The molecule has 0 saturated carbocycles. The summed E-state index contributed by atoms with van der Waals surface area (Å²) in [5.74, 6) is 1.48. The second-order valence-corrected chi connectivity index (χ2v) is 2.04. The summed E-state index contributed by atoms with van der Waals surface area (Å²) >= 11 is 0. The van der Waals surface area contributed by atoms with Gasteiger partial charge in [-0.05, 0) is 19.3 Å². The molecule has 0 saturated heterocycles. The van der Waals surface area contributed by atoms with Crippen LogP contribution in [-0.2, 0) is 4.79 Å². The fourth-order valence-electron chi connectivity index (χ4n) is 0.446. The van der Waals surface area contributed by atoms with Crippen LogP contribution in [-0.4, -0.2) is 23.7 Å². The topological polar surface area (TPSA) is 49.3 Å². The highest BCUT2D eigenvalue weighted by Crippen LogP contribution is 1.84. The standard InChI is InChI=1S/C7H11NO2/c1-3-7(10)8-5-4-6(2)9/h1,6,9H,4-5H2,2H3,(H,8,10)/t6-/m1/s1. The minimum atomic E-state index is -0.430. The number of nitrogens with one attached hydrogen (secondary N) is 1. The molecule has 0 heterocycles. The van der Waals surface area contributed by atoms with Gasteiger partial charge in [0, 0.05) is 6.54 Å². The Kier molecular flexibility index (Phi) is 4.34. The third-order valence-corrected chi connectivity index (χ3v) is 0.979. The molecule has 3 heteroatoms. The number of carbonyl (C=O) groups excluding carboxylic acids is 1. The summed E-state index contributed by atoms with van der Waals surface area (Å²) in [6.07, 6.45) is 4.91. The SMILES string of the molecule is C#CC(=O)NCC[C@@H](C)O. The summed E-state index contributed by atoms with van der Waals surface area (Å²) in [6.45, 7) is 2.09. The largest absolute Gasteiger partial charge is 0.393 e. The van der Waals surface area contributed by atoms with Crippen molar-refractivity contribution in [1.82, 2.24) is 5.32 Å². The average molecular weight is 141 g/mol. The fourth-order valence-corrected chi connectivity index (χ4v) is 0.446. The van der Waals surface area contributed by atoms with E-state index in [-0.39, 0.29) is 0 Å². The van der Waals surface area contributed by atoms with Gasteiger partial charge >= 0.3 is 0 Å². The maximum absolute atomic E-state index is 10.4. The van der Waals surface area contributed by atoms with Gasteiger partial charge in [-0.1, -0.05) is 0 Å². The van der Waals surface area contributed by atoms with E-state index in [2.05, 4.69) is 5.32 Å². The molecule has 10 heavy (non-hydrogen) atoms. The van der Waals surface area contributed by atoms with Crippen molar-refractivity contribution in [3.63, 3.8) is 0 Å². The highest BCUT2D eigenvalue weighted by molar-refractivity contribution is 5.92. The Balaban J connectivity index is 3.22. The molecular formula is C7H11NO2. The Morgan fingerprint density at radius 2 is 2.50 bits per heavy atom. The molecule has 2 N–H and O–H groups in total. The molecule has 0 aliphatic carbocycles. The van der Waals surface area contributed by atoms with Crippen LogP contribution in [0.25, 0.3) is 0 Å². The van der Waals surface area contributed by atoms with Gasteiger partial charge in [0.15, 0.2) is 0 Å². The number of amides is 1. The van der Waals surface area contributed by atoms with Crippen LogP contribution in [0.2, 0.25) is 0 Å². The van der Waals surface area contributed by atoms with Crippen molar-refractivity contribution in [2.75, 3.05) is 6.54 Å². The summed E-state index contributed by atoms with van der Waals surface area (Å²) in [5.41, 5.74) is 0. The molecule has 0 spiro atoms. The molecule has 0 radical (unpaired) electrons. The van der Waals surface area contributed by atoms with E-state index in [4.69, 9.17) is 11.5 Å². The van der Waals surface area contributed by atoms with Gasteiger partial charge in [0.2, 0.25) is 0 Å². The van der Waals surface area contributed by atoms with Crippen molar-refractivity contribution in [2.45, 2.75) is 19.4 Å². The van der Waals surface area contributed by atoms with Crippen LogP contribution >= 0.6 is 0 Å². The van der Waals surface area contributed by atoms with E-state index in [9.17, 15) is 4.79 Å². The first-order valence-corrected chi connectivity index (χ1v) is 3.09. The molecular weight excluding hydrogens is 130 g/mol. The van der Waals surface area contributed by atoms with Crippen molar-refractivity contribution in [1.29, 1.82) is 0 Å². The van der Waals surface area contributed by atoms with E-state index >= 15 is 0 Å². The van der Waals surface area contributed by atoms with Crippen molar-refractivity contribution in [3.05, 3.63) is 0 Å². The third-order valence-electron chi connectivity index (χ3n) is 0.979. The molecule has 0 aromatic heterocycles. The lowest BCUT2D eigenvalue weighted by Crippen LogP contribution is -2.24. The minimum Gasteiger partial charge on any atom is -0.393 e. The first-order valence-electron chi connectivity index (χ1n) is 3.09. The monoisotopic (exact) mass is 141 g/mol. The first-order chi connectivity index (χ1) is 4.66. The fraction of sp³-hybridized carbons (Fsp3) is 0.571. The molecule has 1 atom stereocenters. The highest BCUT2D eigenvalue weighted by Gasteiger charge is 1.96. The van der Waals surface area contributed by atoms with Crippen molar-refractivity contribution in [3.8, 4) is 12.3 Å². The Hall–Kier alpha value is -1.01. The van der Waals surface area contributed by atoms with Gasteiger partial charge in [-0.3, -0.25) is 4.79 Å². The molecule has 0 unspecified atom stereocenters. The molecule has 0 rings (SSSR count). The summed E-state index contributed by atoms with van der Waals surface area (Å²) in [7, 11) is 0. The highest BCUT2D eigenvalue weighted by atomic mass is 16.3. The zero-order valence-corrected chi connectivity index (χ0v) is 5.92. The number of aliphatic hydroxyl groups excluding tert-OH is 1.